The second kappa shape index (κ2) is 10.9. The number of carbonyl (C=O) groups excluding carboxylic acids is 3. The molecule has 0 spiro atoms. The van der Waals surface area contributed by atoms with Crippen LogP contribution in [0.5, 0.6) is 5.75 Å². The minimum absolute atomic E-state index is 0.00681. The Morgan fingerprint density at radius 2 is 1.55 bits per heavy atom. The lowest BCUT2D eigenvalue weighted by molar-refractivity contribution is -0.120. The van der Waals surface area contributed by atoms with E-state index in [1.165, 1.54) is 61.7 Å². The Labute approximate surface area is 235 Å². The summed E-state index contributed by atoms with van der Waals surface area (Å²) < 4.78 is 5.06. The summed E-state index contributed by atoms with van der Waals surface area (Å²) in [6.07, 6.45) is 0. The van der Waals surface area contributed by atoms with Crippen molar-refractivity contribution in [1.82, 2.24) is 0 Å². The number of nitrogens with zero attached hydrogens (tertiary/aromatic N) is 1. The van der Waals surface area contributed by atoms with E-state index in [-0.39, 0.29) is 54.0 Å². The molecule has 3 aromatic rings. The molecule has 1 aliphatic rings. The molecule has 0 fully saturated rings. The molecule has 9 nitrogen and oxygen atoms in total. The number of methoxy groups -OCH3 is 1. The molecule has 3 aromatic carbocycles. The maximum absolute atomic E-state index is 13.0. The molecular weight excluding hydrogens is 580 g/mol. The maximum atomic E-state index is 13.0. The Hall–Kier alpha value is -3.76. The van der Waals surface area contributed by atoms with Gasteiger partial charge < -0.3 is 20.5 Å². The van der Waals surface area contributed by atoms with Gasteiger partial charge in [0, 0.05) is 17.3 Å². The Bertz CT molecular complexity index is 1540. The van der Waals surface area contributed by atoms with Crippen LogP contribution in [0.1, 0.15) is 20.7 Å². The number of ether oxygens (including phenoxy) is 1. The first kappa shape index (κ1) is 27.3. The lowest BCUT2D eigenvalue weighted by Gasteiger charge is -2.16. The van der Waals surface area contributed by atoms with E-state index in [2.05, 4.69) is 10.6 Å². The molecule has 0 saturated carbocycles. The standard InChI is InChI=1S/C25H15Cl4N3O6/c1-38-19-10-18(17(28)9-14(19)25(36)37)31-22(33)11-2-4-12(5-3-11)30-21-20(29)23(34)32(24(21)35)13-6-7-15(26)16(27)8-13/h2-10,30H,1H3,(H,31,33)(H,36,37). The smallest absolute Gasteiger partial charge is 0.339 e. The van der Waals surface area contributed by atoms with Gasteiger partial charge in [0.15, 0.2) is 0 Å². The second-order valence-corrected chi connectivity index (χ2v) is 9.33. The Kier molecular flexibility index (Phi) is 7.84. The molecular formula is C25H15Cl4N3O6. The number of imide groups is 1. The maximum Gasteiger partial charge on any atom is 0.339 e. The fraction of sp³-hybridized carbons (Fsp3) is 0.0400. The van der Waals surface area contributed by atoms with Gasteiger partial charge in [0.05, 0.1) is 33.6 Å². The van der Waals surface area contributed by atoms with E-state index in [4.69, 9.17) is 51.1 Å². The van der Waals surface area contributed by atoms with Crippen molar-refractivity contribution in [2.45, 2.75) is 0 Å². The summed E-state index contributed by atoms with van der Waals surface area (Å²) in [7, 11) is 1.29. The minimum atomic E-state index is -1.23. The predicted molar refractivity (Wildman–Crippen MR) is 145 cm³/mol. The van der Waals surface area contributed by atoms with Crippen molar-refractivity contribution < 1.29 is 29.0 Å². The van der Waals surface area contributed by atoms with E-state index in [9.17, 15) is 24.3 Å². The summed E-state index contributed by atoms with van der Waals surface area (Å²) in [4.78, 5) is 50.5. The average Bonchev–Trinajstić information content (AvgIpc) is 3.09. The number of halogens is 4. The predicted octanol–water partition coefficient (Wildman–Crippen LogP) is 6.04. The third kappa shape index (κ3) is 5.27. The van der Waals surface area contributed by atoms with Gasteiger partial charge in [0.2, 0.25) is 0 Å². The number of benzene rings is 3. The summed E-state index contributed by atoms with van der Waals surface area (Å²) in [6.45, 7) is 0. The summed E-state index contributed by atoms with van der Waals surface area (Å²) in [5, 5.41) is 14.7. The number of rotatable bonds is 7. The van der Waals surface area contributed by atoms with Crippen molar-refractivity contribution in [2.75, 3.05) is 22.6 Å². The van der Waals surface area contributed by atoms with Crippen LogP contribution in [0.15, 0.2) is 65.3 Å². The SMILES string of the molecule is COc1cc(NC(=O)c2ccc(NC3=C(Cl)C(=O)N(c4ccc(Cl)c(Cl)c4)C3=O)cc2)c(Cl)cc1C(=O)O. The molecule has 1 aliphatic heterocycles. The van der Waals surface area contributed by atoms with Crippen molar-refractivity contribution >= 4 is 87.2 Å². The van der Waals surface area contributed by atoms with E-state index in [0.717, 1.165) is 4.90 Å². The molecule has 0 saturated heterocycles. The zero-order valence-corrected chi connectivity index (χ0v) is 22.2. The van der Waals surface area contributed by atoms with Gasteiger partial charge in [0.25, 0.3) is 17.7 Å². The number of nitrogens with one attached hydrogen (secondary N) is 2. The summed E-state index contributed by atoms with van der Waals surface area (Å²) in [5.41, 5.74) is 0.628. The van der Waals surface area contributed by atoms with E-state index >= 15 is 0 Å². The van der Waals surface area contributed by atoms with Crippen molar-refractivity contribution in [3.05, 3.63) is 91.5 Å². The zero-order chi connectivity index (χ0) is 27.7. The van der Waals surface area contributed by atoms with Gasteiger partial charge >= 0.3 is 5.97 Å². The van der Waals surface area contributed by atoms with Crippen LogP contribution in [0.4, 0.5) is 17.1 Å². The van der Waals surface area contributed by atoms with Crippen LogP contribution in [0.2, 0.25) is 15.1 Å². The highest BCUT2D eigenvalue weighted by Gasteiger charge is 2.39. The quantitative estimate of drug-likeness (QED) is 0.285. The normalized spacial score (nSPS) is 13.1. The fourth-order valence-electron chi connectivity index (χ4n) is 3.50. The second-order valence-electron chi connectivity index (χ2n) is 7.73. The number of carboxylic acids is 1. The monoisotopic (exact) mass is 593 g/mol. The summed E-state index contributed by atoms with van der Waals surface area (Å²) >= 11 is 24.2. The van der Waals surface area contributed by atoms with E-state index < -0.39 is 23.7 Å². The Morgan fingerprint density at radius 3 is 2.16 bits per heavy atom. The summed E-state index contributed by atoms with van der Waals surface area (Å²) in [6, 6.07) is 12.7. The van der Waals surface area contributed by atoms with Crippen molar-refractivity contribution in [3.8, 4) is 5.75 Å². The number of hydrogen-bond donors (Lipinski definition) is 3. The van der Waals surface area contributed by atoms with E-state index in [1.54, 1.807) is 0 Å². The highest BCUT2D eigenvalue weighted by atomic mass is 35.5. The van der Waals surface area contributed by atoms with Crippen LogP contribution in [-0.2, 0) is 9.59 Å². The van der Waals surface area contributed by atoms with Crippen LogP contribution in [0, 0.1) is 0 Å². The van der Waals surface area contributed by atoms with Crippen LogP contribution in [-0.4, -0.2) is 35.9 Å². The molecule has 3 amide bonds. The minimum Gasteiger partial charge on any atom is -0.496 e. The number of amides is 3. The number of hydrogen-bond acceptors (Lipinski definition) is 6. The first-order valence-corrected chi connectivity index (χ1v) is 12.1. The highest BCUT2D eigenvalue weighted by Crippen LogP contribution is 2.34. The van der Waals surface area contributed by atoms with Crippen LogP contribution in [0.3, 0.4) is 0 Å². The van der Waals surface area contributed by atoms with Gasteiger partial charge in [-0.3, -0.25) is 14.4 Å². The molecule has 1 heterocycles. The van der Waals surface area contributed by atoms with E-state index in [0.29, 0.717) is 5.69 Å². The third-order valence-corrected chi connectivity index (χ3v) is 6.78. The molecule has 194 valence electrons. The Morgan fingerprint density at radius 1 is 0.868 bits per heavy atom. The number of carboxylic acid groups (broad SMARTS) is 1. The topological polar surface area (TPSA) is 125 Å². The molecule has 0 bridgehead atoms. The van der Waals surface area contributed by atoms with Gasteiger partial charge in [-0.25, -0.2) is 9.69 Å². The first-order valence-electron chi connectivity index (χ1n) is 10.5. The van der Waals surface area contributed by atoms with Gasteiger partial charge in [-0.05, 0) is 48.5 Å². The molecule has 0 aromatic heterocycles. The molecule has 0 unspecified atom stereocenters. The van der Waals surface area contributed by atoms with E-state index in [1.807, 2.05) is 0 Å². The molecule has 4 rings (SSSR count). The van der Waals surface area contributed by atoms with Gasteiger partial charge in [-0.1, -0.05) is 46.4 Å². The van der Waals surface area contributed by atoms with Gasteiger partial charge in [0.1, 0.15) is 22.0 Å². The van der Waals surface area contributed by atoms with Gasteiger partial charge in [-0.15, -0.1) is 0 Å². The van der Waals surface area contributed by atoms with Crippen molar-refractivity contribution in [2.24, 2.45) is 0 Å². The van der Waals surface area contributed by atoms with Crippen LogP contribution in [0.25, 0.3) is 0 Å². The molecule has 38 heavy (non-hydrogen) atoms. The fourth-order valence-corrected chi connectivity index (χ4v) is 4.21. The number of anilines is 3. The first-order chi connectivity index (χ1) is 18.0. The molecule has 13 heteroatoms. The highest BCUT2D eigenvalue weighted by molar-refractivity contribution is 6.53. The molecule has 3 N–H and O–H groups in total. The van der Waals surface area contributed by atoms with Crippen molar-refractivity contribution in [3.63, 3.8) is 0 Å². The molecule has 0 radical (unpaired) electrons. The lowest BCUT2D eigenvalue weighted by atomic mass is 10.1. The number of carbonyl (C=O) groups is 4. The molecule has 0 atom stereocenters. The average molecular weight is 595 g/mol. The van der Waals surface area contributed by atoms with Crippen LogP contribution >= 0.6 is 46.4 Å². The van der Waals surface area contributed by atoms with Crippen molar-refractivity contribution in [1.29, 1.82) is 0 Å². The zero-order valence-electron chi connectivity index (χ0n) is 19.1. The van der Waals surface area contributed by atoms with Crippen LogP contribution < -0.4 is 20.3 Å². The van der Waals surface area contributed by atoms with Gasteiger partial charge in [-0.2, -0.15) is 0 Å². The number of aromatic carboxylic acids is 1. The third-order valence-electron chi connectivity index (χ3n) is 5.37. The largest absolute Gasteiger partial charge is 0.496 e. The Balaban J connectivity index is 1.50. The molecule has 0 aliphatic carbocycles. The lowest BCUT2D eigenvalue weighted by Crippen LogP contribution is -2.32. The summed E-state index contributed by atoms with van der Waals surface area (Å²) in [5.74, 6) is -3.20.